The summed E-state index contributed by atoms with van der Waals surface area (Å²) in [6.07, 6.45) is 6.29. The number of carbonyl (C=O) groups excluding carboxylic acids is 1. The van der Waals surface area contributed by atoms with Gasteiger partial charge in [0.1, 0.15) is 0 Å². The Kier molecular flexibility index (Phi) is 3.15. The van der Waals surface area contributed by atoms with Gasteiger partial charge in [-0.15, -0.1) is 0 Å². The zero-order valence-corrected chi connectivity index (χ0v) is 12.3. The Morgan fingerprint density at radius 3 is 2.63 bits per heavy atom. The van der Waals surface area contributed by atoms with Gasteiger partial charge in [0.2, 0.25) is 5.91 Å². The highest BCUT2D eigenvalue weighted by Gasteiger charge is 2.42. The van der Waals surface area contributed by atoms with Gasteiger partial charge in [-0.2, -0.15) is 0 Å². The van der Waals surface area contributed by atoms with Crippen LogP contribution in [0.1, 0.15) is 45.4 Å². The van der Waals surface area contributed by atoms with Crippen molar-refractivity contribution in [1.82, 2.24) is 5.32 Å². The number of fused-ring (bicyclic) bond motifs is 2. The maximum atomic E-state index is 12.1. The van der Waals surface area contributed by atoms with E-state index in [1.807, 2.05) is 6.92 Å². The molecule has 1 saturated heterocycles. The van der Waals surface area contributed by atoms with Gasteiger partial charge in [-0.05, 0) is 50.4 Å². The molecule has 0 radical (unpaired) electrons. The average molecular weight is 285 g/mol. The summed E-state index contributed by atoms with van der Waals surface area (Å²) in [6, 6.07) is 0. The Bertz CT molecular complexity index is 487. The highest BCUT2D eigenvalue weighted by Crippen LogP contribution is 2.49. The van der Waals surface area contributed by atoms with Crippen molar-refractivity contribution in [2.45, 2.75) is 51.0 Å². The van der Waals surface area contributed by atoms with Gasteiger partial charge in [0, 0.05) is 6.42 Å². The van der Waals surface area contributed by atoms with Crippen LogP contribution in [0.4, 0.5) is 0 Å². The molecule has 0 unspecified atom stereocenters. The van der Waals surface area contributed by atoms with Crippen LogP contribution in [-0.4, -0.2) is 31.4 Å². The van der Waals surface area contributed by atoms with Crippen molar-refractivity contribution in [1.29, 1.82) is 0 Å². The molecule has 1 amide bonds. The van der Waals surface area contributed by atoms with Crippen LogP contribution in [0.15, 0.2) is 0 Å². The third kappa shape index (κ3) is 2.81. The molecule has 0 aromatic heterocycles. The molecule has 1 heterocycles. The molecule has 2 saturated carbocycles. The molecule has 3 fully saturated rings. The van der Waals surface area contributed by atoms with Crippen molar-refractivity contribution in [3.63, 3.8) is 0 Å². The first-order valence-corrected chi connectivity index (χ1v) is 9.19. The van der Waals surface area contributed by atoms with E-state index in [0.29, 0.717) is 18.8 Å². The number of nitrogens with one attached hydrogen (secondary N) is 1. The van der Waals surface area contributed by atoms with E-state index in [4.69, 9.17) is 0 Å². The third-order valence-corrected chi connectivity index (χ3v) is 7.18. The molecule has 4 nitrogen and oxygen atoms in total. The number of hydrogen-bond acceptors (Lipinski definition) is 3. The molecule has 3 aliphatic rings. The molecule has 1 N–H and O–H groups in total. The Labute approximate surface area is 115 Å². The highest BCUT2D eigenvalue weighted by atomic mass is 32.2. The van der Waals surface area contributed by atoms with E-state index in [-0.39, 0.29) is 17.4 Å². The minimum absolute atomic E-state index is 0.0529. The molecular weight excluding hydrogens is 262 g/mol. The molecular formula is C14H23NO3S. The first kappa shape index (κ1) is 13.4. The first-order chi connectivity index (χ1) is 8.85. The summed E-state index contributed by atoms with van der Waals surface area (Å²) in [4.78, 5) is 12.1. The molecule has 4 atom stereocenters. The zero-order chi connectivity index (χ0) is 13.7. The highest BCUT2D eigenvalue weighted by molar-refractivity contribution is 7.91. The summed E-state index contributed by atoms with van der Waals surface area (Å²) in [6.45, 7) is 1.86. The Morgan fingerprint density at radius 1 is 1.32 bits per heavy atom. The van der Waals surface area contributed by atoms with E-state index in [2.05, 4.69) is 5.32 Å². The minimum Gasteiger partial charge on any atom is -0.350 e. The second-order valence-corrected chi connectivity index (χ2v) is 9.27. The van der Waals surface area contributed by atoms with Gasteiger partial charge in [-0.3, -0.25) is 4.79 Å². The molecule has 19 heavy (non-hydrogen) atoms. The molecule has 0 spiro atoms. The number of hydrogen-bond donors (Lipinski definition) is 1. The lowest BCUT2D eigenvalue weighted by Gasteiger charge is -2.27. The van der Waals surface area contributed by atoms with Gasteiger partial charge >= 0.3 is 0 Å². The molecule has 0 aromatic carbocycles. The molecule has 3 rings (SSSR count). The van der Waals surface area contributed by atoms with Gasteiger partial charge < -0.3 is 5.32 Å². The van der Waals surface area contributed by atoms with Crippen LogP contribution < -0.4 is 5.32 Å². The Morgan fingerprint density at radius 2 is 2.11 bits per heavy atom. The largest absolute Gasteiger partial charge is 0.350 e. The van der Waals surface area contributed by atoms with E-state index in [1.165, 1.54) is 25.7 Å². The normalized spacial score (nSPS) is 43.5. The number of carbonyl (C=O) groups is 1. The van der Waals surface area contributed by atoms with Crippen molar-refractivity contribution < 1.29 is 13.2 Å². The van der Waals surface area contributed by atoms with E-state index < -0.39 is 15.4 Å². The van der Waals surface area contributed by atoms with Crippen LogP contribution in [-0.2, 0) is 14.6 Å². The Balaban J connectivity index is 1.54. The molecule has 0 aromatic rings. The monoisotopic (exact) mass is 285 g/mol. The second kappa shape index (κ2) is 4.47. The van der Waals surface area contributed by atoms with E-state index in [0.717, 1.165) is 11.8 Å². The van der Waals surface area contributed by atoms with Crippen molar-refractivity contribution >= 4 is 15.7 Å². The van der Waals surface area contributed by atoms with Crippen LogP contribution in [0, 0.1) is 17.8 Å². The fourth-order valence-electron chi connectivity index (χ4n) is 4.36. The van der Waals surface area contributed by atoms with E-state index in [1.54, 1.807) is 0 Å². The SMILES string of the molecule is C[C@]1(NC(=O)C[C@@H]2C[C@H]3CC[C@H]2C3)CCS(=O)(=O)C1. The zero-order valence-electron chi connectivity index (χ0n) is 11.5. The van der Waals surface area contributed by atoms with Crippen molar-refractivity contribution in [2.24, 2.45) is 17.8 Å². The van der Waals surface area contributed by atoms with Gasteiger partial charge in [0.05, 0.1) is 17.0 Å². The summed E-state index contributed by atoms with van der Waals surface area (Å²) in [7, 11) is -2.95. The average Bonchev–Trinajstić information content (AvgIpc) is 2.92. The van der Waals surface area contributed by atoms with Gasteiger partial charge in [0.15, 0.2) is 9.84 Å². The van der Waals surface area contributed by atoms with Crippen LogP contribution >= 0.6 is 0 Å². The smallest absolute Gasteiger partial charge is 0.220 e. The van der Waals surface area contributed by atoms with Crippen LogP contribution in [0.3, 0.4) is 0 Å². The van der Waals surface area contributed by atoms with Crippen molar-refractivity contribution in [3.8, 4) is 0 Å². The fourth-order valence-corrected chi connectivity index (χ4v) is 6.45. The van der Waals surface area contributed by atoms with E-state index >= 15 is 0 Å². The Hall–Kier alpha value is -0.580. The fraction of sp³-hybridized carbons (Fsp3) is 0.929. The van der Waals surface area contributed by atoms with Gasteiger partial charge in [-0.25, -0.2) is 8.42 Å². The molecule has 1 aliphatic heterocycles. The summed E-state index contributed by atoms with van der Waals surface area (Å²) in [5.74, 6) is 2.50. The maximum absolute atomic E-state index is 12.1. The number of sulfone groups is 1. The first-order valence-electron chi connectivity index (χ1n) is 7.37. The van der Waals surface area contributed by atoms with Crippen LogP contribution in [0.2, 0.25) is 0 Å². The topological polar surface area (TPSA) is 63.2 Å². The lowest BCUT2D eigenvalue weighted by atomic mass is 9.86. The predicted octanol–water partition coefficient (Wildman–Crippen LogP) is 1.51. The molecule has 2 bridgehead atoms. The van der Waals surface area contributed by atoms with Crippen LogP contribution in [0.25, 0.3) is 0 Å². The van der Waals surface area contributed by atoms with Crippen molar-refractivity contribution in [3.05, 3.63) is 0 Å². The summed E-state index contributed by atoms with van der Waals surface area (Å²) < 4.78 is 23.1. The molecule has 108 valence electrons. The third-order valence-electron chi connectivity index (χ3n) is 5.28. The molecule has 2 aliphatic carbocycles. The second-order valence-electron chi connectivity index (χ2n) is 7.09. The lowest BCUT2D eigenvalue weighted by molar-refractivity contribution is -0.123. The summed E-state index contributed by atoms with van der Waals surface area (Å²) >= 11 is 0. The number of rotatable bonds is 3. The van der Waals surface area contributed by atoms with Gasteiger partial charge in [-0.1, -0.05) is 6.42 Å². The van der Waals surface area contributed by atoms with Gasteiger partial charge in [0.25, 0.3) is 0 Å². The predicted molar refractivity (Wildman–Crippen MR) is 73.4 cm³/mol. The van der Waals surface area contributed by atoms with E-state index in [9.17, 15) is 13.2 Å². The molecule has 5 heteroatoms. The van der Waals surface area contributed by atoms with Crippen molar-refractivity contribution in [2.75, 3.05) is 11.5 Å². The maximum Gasteiger partial charge on any atom is 0.220 e. The quantitative estimate of drug-likeness (QED) is 0.855. The van der Waals surface area contributed by atoms with Crippen LogP contribution in [0.5, 0.6) is 0 Å². The standard InChI is InChI=1S/C14H23NO3S/c1-14(4-5-19(17,18)9-14)15-13(16)8-12-7-10-2-3-11(12)6-10/h10-12H,2-9H2,1H3,(H,15,16)/t10-,11-,12-,14-/m0/s1. The summed E-state index contributed by atoms with van der Waals surface area (Å²) in [5, 5.41) is 2.98. The minimum atomic E-state index is -2.95. The number of amides is 1. The lowest BCUT2D eigenvalue weighted by Crippen LogP contribution is -2.47. The summed E-state index contributed by atoms with van der Waals surface area (Å²) in [5.41, 5.74) is -0.534.